The van der Waals surface area contributed by atoms with Gasteiger partial charge in [0.25, 0.3) is 5.69 Å². The Morgan fingerprint density at radius 2 is 0.779 bits per heavy atom. The Morgan fingerprint density at radius 3 is 1.16 bits per heavy atom. The molecule has 0 aliphatic heterocycles. The first-order valence-corrected chi connectivity index (χ1v) is 52.0. The fourth-order valence-corrected chi connectivity index (χ4v) is 18.2. The summed E-state index contributed by atoms with van der Waals surface area (Å²) in [6.07, 6.45) is 46.7. The van der Waals surface area contributed by atoms with Crippen LogP contribution in [-0.4, -0.2) is 141 Å². The number of pyridine rings is 2. The van der Waals surface area contributed by atoms with Crippen LogP contribution in [0.1, 0.15) is 270 Å². The lowest BCUT2D eigenvalue weighted by Crippen LogP contribution is -2.26. The molecule has 790 valence electrons. The molecule has 15 rings (SSSR count). The van der Waals surface area contributed by atoms with Gasteiger partial charge in [0.15, 0.2) is 0 Å². The Balaban J connectivity index is 0.000000354. The van der Waals surface area contributed by atoms with Gasteiger partial charge in [0.1, 0.15) is 6.29 Å². The molecule has 25 nitrogen and oxygen atoms in total. The number of nitrogens with zero attached hydrogens (tertiary/aromatic N) is 6. The normalized spacial score (nSPS) is 14.0. The second kappa shape index (κ2) is 71.4. The third-order valence-corrected chi connectivity index (χ3v) is 26.3. The van der Waals surface area contributed by atoms with Gasteiger partial charge in [0.2, 0.25) is 5.91 Å². The molecule has 25 heteroatoms. The monoisotopic (exact) mass is 1990 g/mol. The number of ether oxygens (including phenoxy) is 4. The summed E-state index contributed by atoms with van der Waals surface area (Å²) in [5.41, 5.74) is 26.7. The van der Waals surface area contributed by atoms with Crippen LogP contribution in [0, 0.1) is 39.7 Å². The maximum atomic E-state index is 12.4. The first kappa shape index (κ1) is 122. The van der Waals surface area contributed by atoms with E-state index in [1.807, 2.05) is 98.8 Å². The molecule has 1 amide bonds. The lowest BCUT2D eigenvalue weighted by molar-refractivity contribution is -0.384. The van der Waals surface area contributed by atoms with Crippen LogP contribution in [0.25, 0.3) is 27.9 Å². The average molecular weight is 1990 g/mol. The van der Waals surface area contributed by atoms with Crippen LogP contribution in [0.2, 0.25) is 0 Å². The Morgan fingerprint density at radius 1 is 0.428 bits per heavy atom. The minimum absolute atomic E-state index is 0. The van der Waals surface area contributed by atoms with Gasteiger partial charge in [-0.2, -0.15) is 0 Å². The lowest BCUT2D eigenvalue weighted by Gasteiger charge is -2.28. The fraction of sp³-hybridized carbons (Fsp3) is 0.475. The number of non-ortho nitro benzene ring substituents is 1. The molecule has 0 radical (unpaired) electrons. The van der Waals surface area contributed by atoms with E-state index in [-0.39, 0.29) is 57.7 Å². The number of fused-ring (bicyclic) bond motifs is 2. The molecular formula is C120H169N10O15-. The lowest BCUT2D eigenvalue weighted by atomic mass is 9.89. The number of benzene rings is 8. The zero-order valence-corrected chi connectivity index (χ0v) is 85.8. The number of aliphatic carboxylic acids is 1. The van der Waals surface area contributed by atoms with Crippen molar-refractivity contribution in [3.8, 4) is 0 Å². The first-order valence-electron chi connectivity index (χ1n) is 52.0. The van der Waals surface area contributed by atoms with Crippen LogP contribution in [0.3, 0.4) is 0 Å². The number of esters is 4. The quantitative estimate of drug-likeness (QED) is 0.00463. The summed E-state index contributed by atoms with van der Waals surface area (Å²) in [4.78, 5) is 103. The predicted molar refractivity (Wildman–Crippen MR) is 596 cm³/mol. The number of nitro benzene ring substituents is 1. The Labute approximate surface area is 865 Å². The number of para-hydroxylation sites is 2. The summed E-state index contributed by atoms with van der Waals surface area (Å²) in [7, 11) is 6.53. The maximum absolute atomic E-state index is 12.4. The molecule has 2 heterocycles. The van der Waals surface area contributed by atoms with Crippen LogP contribution in [0.4, 0.5) is 45.5 Å². The van der Waals surface area contributed by atoms with E-state index in [0.29, 0.717) is 82.1 Å². The second-order valence-corrected chi connectivity index (χ2v) is 37.7. The molecule has 0 spiro atoms. The Bertz CT molecular complexity index is 5340. The number of carbonyl (C=O) groups excluding carboxylic acids is 6. The van der Waals surface area contributed by atoms with Crippen LogP contribution in [-0.2, 0) is 84.6 Å². The number of hydrogen-bond acceptors (Lipinski definition) is 22. The van der Waals surface area contributed by atoms with E-state index in [2.05, 4.69) is 154 Å². The summed E-state index contributed by atoms with van der Waals surface area (Å²) in [5.74, 6) is 2.24. The smallest absolute Gasteiger partial charge is 0.330 e. The number of nitro groups is 1. The van der Waals surface area contributed by atoms with Gasteiger partial charge >= 0.3 is 29.8 Å². The molecule has 145 heavy (non-hydrogen) atoms. The molecular weight excluding hydrogens is 1820 g/mol. The summed E-state index contributed by atoms with van der Waals surface area (Å²) < 4.78 is 19.4. The van der Waals surface area contributed by atoms with Crippen LogP contribution in [0.5, 0.6) is 0 Å². The molecule has 5 aliphatic rings. The number of carbonyl (C=O) groups is 7. The summed E-state index contributed by atoms with van der Waals surface area (Å²) in [6, 6.07) is 67.1. The molecule has 10 aromatic rings. The van der Waals surface area contributed by atoms with Crippen LogP contribution in [0.15, 0.2) is 225 Å². The fourth-order valence-electron chi connectivity index (χ4n) is 18.2. The molecule has 5 fully saturated rings. The van der Waals surface area contributed by atoms with E-state index in [9.17, 15) is 43.7 Å². The second-order valence-electron chi connectivity index (χ2n) is 37.7. The molecule has 8 aromatic carbocycles. The molecule has 0 unspecified atom stereocenters. The van der Waals surface area contributed by atoms with Gasteiger partial charge in [-0.1, -0.05) is 208 Å². The molecule has 2 aromatic heterocycles. The zero-order valence-electron chi connectivity index (χ0n) is 85.8. The van der Waals surface area contributed by atoms with Crippen molar-refractivity contribution in [2.75, 3.05) is 111 Å². The Kier molecular flexibility index (Phi) is 60.3. The van der Waals surface area contributed by atoms with Gasteiger partial charge < -0.3 is 71.1 Å². The number of nitrogens with two attached hydrogens (primary N) is 2. The number of rotatable bonds is 36. The van der Waals surface area contributed by atoms with Crippen LogP contribution >= 0.6 is 0 Å². The topological polar surface area (TPSA) is 361 Å². The van der Waals surface area contributed by atoms with Gasteiger partial charge in [-0.25, -0.2) is 4.79 Å². The number of nitrogen functional groups attached to an aromatic ring is 2. The van der Waals surface area contributed by atoms with Crippen molar-refractivity contribution >= 4 is 115 Å². The highest BCUT2D eigenvalue weighted by atomic mass is 16.6. The number of nitrogens with one attached hydrogen (secondary N) is 2. The number of carboxylic acid groups (broad SMARTS) is 1. The highest BCUT2D eigenvalue weighted by molar-refractivity contribution is 5.93. The van der Waals surface area contributed by atoms with Crippen molar-refractivity contribution in [3.63, 3.8) is 0 Å². The Hall–Kier alpha value is -13.0. The van der Waals surface area contributed by atoms with Gasteiger partial charge in [0, 0.05) is 144 Å². The summed E-state index contributed by atoms with van der Waals surface area (Å²) >= 11 is 0. The van der Waals surface area contributed by atoms with Crippen molar-refractivity contribution in [2.24, 2.45) is 29.6 Å². The summed E-state index contributed by atoms with van der Waals surface area (Å²) in [5, 5.41) is 27.7. The number of aldehydes is 1. The number of amides is 1. The minimum Gasteiger partial charge on any atom is -0.870 e. The third-order valence-electron chi connectivity index (χ3n) is 26.3. The molecule has 5 aliphatic carbocycles. The number of aromatic nitrogens is 2. The molecule has 8 N–H and O–H groups in total. The van der Waals surface area contributed by atoms with E-state index in [1.54, 1.807) is 44.4 Å². The van der Waals surface area contributed by atoms with Crippen molar-refractivity contribution in [3.05, 3.63) is 268 Å². The predicted octanol–water partition coefficient (Wildman–Crippen LogP) is 26.8. The SMILES string of the molecule is C.C.CCOC(=O)/C=C/c1ccc([N+](=O)[O-])cc1.CCOC(=O)CCc1ccc(N(C)CC2CCCCC2)cc1.CCOC(=O)CCc1ccc(N)cc1.CCOC(=O)CCc1ccc(NCC2CCCCC2)cc1.CN(CC1CCCCC1)c1ccc(CCC(=O)Nc2cnc3ccccc3c2)cc1.CN(CC1CCCCC1)c1ccc(CCC(=O)O)cc1.Nc1cnc2ccccc2c1.O=CC1CCCCC1.[HH].[OH-]. The van der Waals surface area contributed by atoms with Crippen LogP contribution < -0.4 is 36.8 Å². The number of aryl methyl sites for hydroxylation is 5. The zero-order chi connectivity index (χ0) is 102. The molecule has 0 saturated heterocycles. The molecule has 5 saturated carbocycles. The first-order chi connectivity index (χ1) is 68.9. The van der Waals surface area contributed by atoms with E-state index in [1.165, 1.54) is 205 Å². The maximum Gasteiger partial charge on any atom is 0.330 e. The highest BCUT2D eigenvalue weighted by Gasteiger charge is 2.21. The van der Waals surface area contributed by atoms with Crippen molar-refractivity contribution in [1.82, 2.24) is 9.97 Å². The molecule has 0 atom stereocenters. The van der Waals surface area contributed by atoms with Crippen molar-refractivity contribution in [1.29, 1.82) is 0 Å². The number of anilines is 7. The van der Waals surface area contributed by atoms with Gasteiger partial charge in [-0.3, -0.25) is 44.1 Å². The van der Waals surface area contributed by atoms with E-state index in [4.69, 9.17) is 35.5 Å². The van der Waals surface area contributed by atoms with Gasteiger partial charge in [-0.15, -0.1) is 0 Å². The van der Waals surface area contributed by atoms with E-state index in [0.717, 1.165) is 133 Å². The standard InChI is InChI=1S/C26H31N3O.C19H29NO2.C18H27NO2.C17H25NO2.C11H11NO4.C11H15NO2.C9H8N2.C7H12O.2CH4.H2O.H2/c1-29(19-21-7-3-2-4-8-21)24-14-11-20(12-15-24)13-16-26(30)28-23-17-22-9-5-6-10-25(22)27-18-23;1-3-22-19(21)14-11-16-9-12-18(13-10-16)20(2)15-17-7-5-4-6-8-17;1-2-21-18(20)13-10-15-8-11-17(12-9-15)19-14-16-6-4-3-5-7-16;1-18(13-15-5-3-2-4-6-15)16-10-7-14(8-11-16)9-12-17(19)20;1-2-16-11(13)8-5-9-3-6-10(7-4-9)12(14)15;1-2-14-11(13)8-5-9-3-6-10(12)7-4-9;10-8-5-7-3-1-2-4-9(7)11-6-8;8-6-7-4-2-1-3-5-7;;;;/h5-6,9-12,14-15,17-18,21H,2-4,7-8,13,16,19H2,1H3,(H,28,30);9-10,12-13,17H,3-8,11,14-15H2,1-2H3;8-9,11-12,16,19H,2-7,10,13-14H2,1H3;7-8,10-11,15H,2-6,9,12-13H2,1H3,(H,19,20);3-8H,2H2,1H3;3-4,6-7H,2,5,8,12H2,1H3;1-6H,10H2;6-7H,1-5H2;2*1H4;1H2;1H/p-1/b;;;;8-5+;;;;;;;. The van der Waals surface area contributed by atoms with Gasteiger partial charge in [-0.05, 0) is 284 Å². The van der Waals surface area contributed by atoms with Gasteiger partial charge in [0.05, 0.1) is 66.2 Å². The van der Waals surface area contributed by atoms with Crippen molar-refractivity contribution < 1.29 is 69.4 Å². The van der Waals surface area contributed by atoms with E-state index < -0.39 is 16.9 Å². The summed E-state index contributed by atoms with van der Waals surface area (Å²) in [6.45, 7) is 13.4. The largest absolute Gasteiger partial charge is 0.870 e. The average Bonchev–Trinajstić information content (AvgIpc) is 0.843. The highest BCUT2D eigenvalue weighted by Crippen LogP contribution is 2.32. The number of hydrogen-bond donors (Lipinski definition) is 5. The minimum atomic E-state index is -0.733. The van der Waals surface area contributed by atoms with E-state index >= 15 is 0 Å². The van der Waals surface area contributed by atoms with Crippen molar-refractivity contribution in [2.45, 2.75) is 267 Å². The molecule has 0 bridgehead atoms. The number of carboxylic acids is 1. The third kappa shape index (κ3) is 50.4.